The molecule has 1 aliphatic heterocycles. The van der Waals surface area contributed by atoms with E-state index < -0.39 is 0 Å². The molecule has 0 spiro atoms. The van der Waals surface area contributed by atoms with E-state index in [1.807, 2.05) is 13.8 Å². The number of nitrogens with zero attached hydrogens (tertiary/aromatic N) is 1. The Morgan fingerprint density at radius 2 is 2.00 bits per heavy atom. The van der Waals surface area contributed by atoms with Crippen molar-refractivity contribution in [1.82, 2.24) is 20.2 Å². The second-order valence-corrected chi connectivity index (χ2v) is 4.34. The number of nitrogens with one attached hydrogen (secondary N) is 3. The largest absolute Gasteiger partial charge is 0.334 e. The van der Waals surface area contributed by atoms with Crippen LogP contribution in [0.15, 0.2) is 11.0 Å². The zero-order valence-electron chi connectivity index (χ0n) is 9.41. The normalized spacial score (nSPS) is 25.8. The molecule has 3 N–H and O–H groups in total. The summed E-state index contributed by atoms with van der Waals surface area (Å²) in [5, 5.41) is 3.35. The summed E-state index contributed by atoms with van der Waals surface area (Å²) in [7, 11) is 0. The Hall–Kier alpha value is -1.56. The van der Waals surface area contributed by atoms with Gasteiger partial charge in [0, 0.05) is 31.4 Å². The van der Waals surface area contributed by atoms with Crippen LogP contribution in [0.3, 0.4) is 0 Å². The SMILES string of the molecule is CC1CN(C(=O)c2c[nH]c(=O)[nH]2)CC(C)N1. The Kier molecular flexibility index (Phi) is 2.82. The number of carbonyl (C=O) groups excluding carboxylic acids is 1. The molecule has 1 aliphatic rings. The van der Waals surface area contributed by atoms with Crippen molar-refractivity contribution < 1.29 is 4.79 Å². The van der Waals surface area contributed by atoms with Gasteiger partial charge in [0.25, 0.3) is 5.91 Å². The number of hydrogen-bond donors (Lipinski definition) is 3. The highest BCUT2D eigenvalue weighted by Gasteiger charge is 2.26. The van der Waals surface area contributed by atoms with E-state index in [1.165, 1.54) is 6.20 Å². The van der Waals surface area contributed by atoms with Crippen molar-refractivity contribution in [2.75, 3.05) is 13.1 Å². The van der Waals surface area contributed by atoms with Crippen molar-refractivity contribution in [1.29, 1.82) is 0 Å². The zero-order valence-corrected chi connectivity index (χ0v) is 9.41. The molecule has 6 heteroatoms. The lowest BCUT2D eigenvalue weighted by Gasteiger charge is -2.35. The highest BCUT2D eigenvalue weighted by atomic mass is 16.2. The van der Waals surface area contributed by atoms with Crippen molar-refractivity contribution in [2.45, 2.75) is 25.9 Å². The van der Waals surface area contributed by atoms with Gasteiger partial charge in [-0.3, -0.25) is 4.79 Å². The minimum absolute atomic E-state index is 0.126. The van der Waals surface area contributed by atoms with Crippen LogP contribution in [0.2, 0.25) is 0 Å². The van der Waals surface area contributed by atoms with E-state index in [0.29, 0.717) is 18.8 Å². The molecule has 0 radical (unpaired) electrons. The molecule has 1 aromatic rings. The maximum Gasteiger partial charge on any atom is 0.323 e. The van der Waals surface area contributed by atoms with Gasteiger partial charge in [-0.05, 0) is 13.8 Å². The Labute approximate surface area is 93.0 Å². The van der Waals surface area contributed by atoms with Gasteiger partial charge in [0.1, 0.15) is 5.69 Å². The standard InChI is InChI=1S/C10H16N4O2/c1-6-4-14(5-7(2)12-6)9(15)8-3-11-10(16)13-8/h3,6-7,12H,4-5H2,1-2H3,(H2,11,13,16). The molecular formula is C10H16N4O2. The Bertz CT molecular complexity index is 426. The van der Waals surface area contributed by atoms with Gasteiger partial charge in [-0.25, -0.2) is 4.79 Å². The molecule has 1 saturated heterocycles. The average Bonchev–Trinajstić information content (AvgIpc) is 2.62. The molecule has 1 amide bonds. The molecule has 2 unspecified atom stereocenters. The highest BCUT2D eigenvalue weighted by molar-refractivity contribution is 5.92. The van der Waals surface area contributed by atoms with Gasteiger partial charge in [0.2, 0.25) is 0 Å². The molecule has 2 rings (SSSR count). The van der Waals surface area contributed by atoms with Crippen LogP contribution in [-0.2, 0) is 0 Å². The monoisotopic (exact) mass is 224 g/mol. The molecule has 2 atom stereocenters. The summed E-state index contributed by atoms with van der Waals surface area (Å²) in [6.07, 6.45) is 1.42. The van der Waals surface area contributed by atoms with Gasteiger partial charge >= 0.3 is 5.69 Å². The minimum atomic E-state index is -0.348. The van der Waals surface area contributed by atoms with Crippen molar-refractivity contribution in [2.24, 2.45) is 0 Å². The summed E-state index contributed by atoms with van der Waals surface area (Å²) in [5.41, 5.74) is -0.0223. The van der Waals surface area contributed by atoms with Crippen LogP contribution in [0.1, 0.15) is 24.3 Å². The second kappa shape index (κ2) is 4.13. The zero-order chi connectivity index (χ0) is 11.7. The predicted octanol–water partition coefficient (Wildman–Crippen LogP) is -0.475. The van der Waals surface area contributed by atoms with E-state index >= 15 is 0 Å². The number of aromatic amines is 2. The van der Waals surface area contributed by atoms with Crippen molar-refractivity contribution >= 4 is 5.91 Å². The number of imidazole rings is 1. The summed E-state index contributed by atoms with van der Waals surface area (Å²) in [5.74, 6) is -0.126. The Morgan fingerprint density at radius 3 is 2.50 bits per heavy atom. The predicted molar refractivity (Wildman–Crippen MR) is 59.4 cm³/mol. The molecule has 2 heterocycles. The first kappa shape index (κ1) is 10.9. The lowest BCUT2D eigenvalue weighted by atomic mass is 10.1. The van der Waals surface area contributed by atoms with Crippen LogP contribution in [0, 0.1) is 0 Å². The Morgan fingerprint density at radius 1 is 1.38 bits per heavy atom. The third-order valence-electron chi connectivity index (χ3n) is 2.67. The topological polar surface area (TPSA) is 81.0 Å². The summed E-state index contributed by atoms with van der Waals surface area (Å²) in [6, 6.07) is 0.553. The quantitative estimate of drug-likeness (QED) is 0.603. The van der Waals surface area contributed by atoms with Crippen LogP contribution in [0.4, 0.5) is 0 Å². The number of hydrogen-bond acceptors (Lipinski definition) is 3. The summed E-state index contributed by atoms with van der Waals surface area (Å²) in [4.78, 5) is 29.6. The number of piperazine rings is 1. The van der Waals surface area contributed by atoms with Crippen molar-refractivity contribution in [3.8, 4) is 0 Å². The van der Waals surface area contributed by atoms with E-state index in [9.17, 15) is 9.59 Å². The van der Waals surface area contributed by atoms with Gasteiger partial charge in [-0.15, -0.1) is 0 Å². The summed E-state index contributed by atoms with van der Waals surface area (Å²) >= 11 is 0. The summed E-state index contributed by atoms with van der Waals surface area (Å²) in [6.45, 7) is 5.40. The number of rotatable bonds is 1. The number of amides is 1. The number of H-pyrrole nitrogens is 2. The lowest BCUT2D eigenvalue weighted by molar-refractivity contribution is 0.0668. The fourth-order valence-corrected chi connectivity index (χ4v) is 2.11. The van der Waals surface area contributed by atoms with Crippen molar-refractivity contribution in [3.63, 3.8) is 0 Å². The lowest BCUT2D eigenvalue weighted by Crippen LogP contribution is -2.55. The van der Waals surface area contributed by atoms with Crippen LogP contribution >= 0.6 is 0 Å². The second-order valence-electron chi connectivity index (χ2n) is 4.34. The van der Waals surface area contributed by atoms with Gasteiger partial charge in [0.05, 0.1) is 0 Å². The molecule has 0 bridgehead atoms. The van der Waals surface area contributed by atoms with Gasteiger partial charge in [-0.2, -0.15) is 0 Å². The molecule has 0 aromatic carbocycles. The van der Waals surface area contributed by atoms with Gasteiger partial charge in [0.15, 0.2) is 0 Å². The van der Waals surface area contributed by atoms with Crippen LogP contribution in [-0.4, -0.2) is 45.9 Å². The number of aromatic nitrogens is 2. The van der Waals surface area contributed by atoms with Crippen molar-refractivity contribution in [3.05, 3.63) is 22.4 Å². The molecule has 1 aromatic heterocycles. The van der Waals surface area contributed by atoms with Gasteiger partial charge < -0.3 is 20.2 Å². The smallest absolute Gasteiger partial charge is 0.323 e. The average molecular weight is 224 g/mol. The fourth-order valence-electron chi connectivity index (χ4n) is 2.11. The molecule has 0 saturated carbocycles. The third-order valence-corrected chi connectivity index (χ3v) is 2.67. The Balaban J connectivity index is 2.12. The van der Waals surface area contributed by atoms with Crippen LogP contribution in [0.25, 0.3) is 0 Å². The minimum Gasteiger partial charge on any atom is -0.334 e. The molecule has 16 heavy (non-hydrogen) atoms. The maximum absolute atomic E-state index is 12.0. The first-order valence-electron chi connectivity index (χ1n) is 5.39. The van der Waals surface area contributed by atoms with E-state index in [4.69, 9.17) is 0 Å². The number of carbonyl (C=O) groups is 1. The maximum atomic E-state index is 12.0. The van der Waals surface area contributed by atoms with E-state index in [1.54, 1.807) is 4.90 Å². The van der Waals surface area contributed by atoms with E-state index in [2.05, 4.69) is 15.3 Å². The highest BCUT2D eigenvalue weighted by Crippen LogP contribution is 2.07. The fraction of sp³-hybridized carbons (Fsp3) is 0.600. The molecule has 6 nitrogen and oxygen atoms in total. The first-order valence-corrected chi connectivity index (χ1v) is 5.39. The van der Waals surface area contributed by atoms with Gasteiger partial charge in [-0.1, -0.05) is 0 Å². The first-order chi connectivity index (χ1) is 7.56. The van der Waals surface area contributed by atoms with Crippen LogP contribution in [0.5, 0.6) is 0 Å². The molecular weight excluding hydrogens is 208 g/mol. The summed E-state index contributed by atoms with van der Waals surface area (Å²) < 4.78 is 0. The molecule has 1 fully saturated rings. The molecule has 0 aliphatic carbocycles. The van der Waals surface area contributed by atoms with E-state index in [0.717, 1.165) is 0 Å². The van der Waals surface area contributed by atoms with E-state index in [-0.39, 0.29) is 23.7 Å². The van der Waals surface area contributed by atoms with Crippen LogP contribution < -0.4 is 11.0 Å². The third kappa shape index (κ3) is 2.16. The molecule has 88 valence electrons.